The summed E-state index contributed by atoms with van der Waals surface area (Å²) >= 11 is 0. The van der Waals surface area contributed by atoms with Gasteiger partial charge in [-0.1, -0.05) is 24.3 Å². The van der Waals surface area contributed by atoms with E-state index in [9.17, 15) is 19.8 Å². The van der Waals surface area contributed by atoms with E-state index >= 15 is 4.39 Å². The molecule has 0 spiro atoms. The zero-order valence-corrected chi connectivity index (χ0v) is 20.7. The number of aromatic nitrogens is 2. The zero-order chi connectivity index (χ0) is 26.7. The molecule has 10 nitrogen and oxygen atoms in total. The van der Waals surface area contributed by atoms with Crippen LogP contribution in [-0.4, -0.2) is 63.3 Å². The quantitative estimate of drug-likeness (QED) is 0.423. The standard InChI is InChI=1S/C26H28FN5O5/c1-15-22(24(34)30-25(35)29-15)14-31(3)12-17-4-6-18(7-5-17)21-9-8-19(10-23(21)27)32-13-20(37-26(32)36)11-28-16(2)33/h4-10,20H,11-14H2,1-3H3,(H,28,33)(H2,29,30,34,35)/t20-/m0/s1. The summed E-state index contributed by atoms with van der Waals surface area (Å²) in [5.74, 6) is -0.945. The molecule has 4 rings (SSSR count). The van der Waals surface area contributed by atoms with Crippen molar-refractivity contribution in [3.05, 3.63) is 65.1 Å². The van der Waals surface area contributed by atoms with Gasteiger partial charge in [-0.05, 0) is 43.3 Å². The number of aromatic hydroxyl groups is 2. The van der Waals surface area contributed by atoms with Crippen molar-refractivity contribution in [1.82, 2.24) is 20.2 Å². The molecule has 0 radical (unpaired) electrons. The van der Waals surface area contributed by atoms with Gasteiger partial charge < -0.3 is 20.3 Å². The van der Waals surface area contributed by atoms with Gasteiger partial charge in [0.05, 0.1) is 24.5 Å². The molecule has 1 fully saturated rings. The van der Waals surface area contributed by atoms with Crippen molar-refractivity contribution in [2.75, 3.05) is 25.0 Å². The molecule has 0 saturated carbocycles. The van der Waals surface area contributed by atoms with E-state index in [1.165, 1.54) is 17.9 Å². The number of cyclic esters (lactones) is 1. The van der Waals surface area contributed by atoms with Crippen LogP contribution in [-0.2, 0) is 22.6 Å². The molecular weight excluding hydrogens is 481 g/mol. The molecule has 1 saturated heterocycles. The van der Waals surface area contributed by atoms with E-state index in [2.05, 4.69) is 15.3 Å². The SMILES string of the molecule is CC(=O)NC[C@H]1CN(c2ccc(-c3ccc(CN(C)Cc4c(C)nc(O)nc4O)cc3)c(F)c2)C(=O)O1. The molecule has 0 bridgehead atoms. The van der Waals surface area contributed by atoms with Gasteiger partial charge in [0, 0.05) is 31.1 Å². The Kier molecular flexibility index (Phi) is 7.53. The van der Waals surface area contributed by atoms with Crippen LogP contribution in [0.1, 0.15) is 23.7 Å². The van der Waals surface area contributed by atoms with Crippen molar-refractivity contribution in [2.24, 2.45) is 0 Å². The fourth-order valence-electron chi connectivity index (χ4n) is 4.18. The molecule has 2 amide bonds. The van der Waals surface area contributed by atoms with Crippen LogP contribution in [0.4, 0.5) is 14.9 Å². The van der Waals surface area contributed by atoms with Crippen LogP contribution in [0.25, 0.3) is 11.1 Å². The first-order valence-electron chi connectivity index (χ1n) is 11.7. The van der Waals surface area contributed by atoms with Gasteiger partial charge in [0.15, 0.2) is 0 Å². The number of nitrogens with zero attached hydrogens (tertiary/aromatic N) is 4. The molecule has 2 aromatic carbocycles. The molecule has 37 heavy (non-hydrogen) atoms. The lowest BCUT2D eigenvalue weighted by Crippen LogP contribution is -2.33. The fourth-order valence-corrected chi connectivity index (χ4v) is 4.18. The van der Waals surface area contributed by atoms with Gasteiger partial charge in [-0.2, -0.15) is 4.98 Å². The number of hydrogen-bond acceptors (Lipinski definition) is 8. The van der Waals surface area contributed by atoms with Crippen molar-refractivity contribution in [3.63, 3.8) is 0 Å². The zero-order valence-electron chi connectivity index (χ0n) is 20.7. The molecule has 3 aromatic rings. The van der Waals surface area contributed by atoms with Crippen molar-refractivity contribution in [1.29, 1.82) is 0 Å². The van der Waals surface area contributed by atoms with E-state index in [0.717, 1.165) is 5.56 Å². The number of benzene rings is 2. The van der Waals surface area contributed by atoms with Crippen molar-refractivity contribution in [2.45, 2.75) is 33.0 Å². The van der Waals surface area contributed by atoms with Crippen LogP contribution in [0.2, 0.25) is 0 Å². The number of aryl methyl sites for hydroxylation is 1. The second-order valence-electron chi connectivity index (χ2n) is 9.00. The molecule has 3 N–H and O–H groups in total. The molecule has 1 aliphatic rings. The van der Waals surface area contributed by atoms with Crippen molar-refractivity contribution >= 4 is 17.7 Å². The van der Waals surface area contributed by atoms with Crippen LogP contribution >= 0.6 is 0 Å². The molecule has 1 aromatic heterocycles. The van der Waals surface area contributed by atoms with Gasteiger partial charge in [-0.3, -0.25) is 14.6 Å². The highest BCUT2D eigenvalue weighted by molar-refractivity contribution is 5.90. The highest BCUT2D eigenvalue weighted by Crippen LogP contribution is 2.29. The van der Waals surface area contributed by atoms with Crippen molar-refractivity contribution in [3.8, 4) is 23.0 Å². The van der Waals surface area contributed by atoms with Crippen LogP contribution in [0.15, 0.2) is 42.5 Å². The predicted octanol–water partition coefficient (Wildman–Crippen LogP) is 3.10. The van der Waals surface area contributed by atoms with Crippen LogP contribution in [0, 0.1) is 12.7 Å². The van der Waals surface area contributed by atoms with Crippen LogP contribution in [0.3, 0.4) is 0 Å². The Morgan fingerprint density at radius 3 is 2.57 bits per heavy atom. The molecular formula is C26H28FN5O5. The predicted molar refractivity (Wildman–Crippen MR) is 133 cm³/mol. The summed E-state index contributed by atoms with van der Waals surface area (Å²) in [6.45, 7) is 4.42. The average molecular weight is 510 g/mol. The molecule has 1 atom stereocenters. The number of nitrogens with one attached hydrogen (secondary N) is 1. The summed E-state index contributed by atoms with van der Waals surface area (Å²) in [5.41, 5.74) is 3.46. The number of carbonyl (C=O) groups is 2. The Hall–Kier alpha value is -4.25. The number of rotatable bonds is 8. The lowest BCUT2D eigenvalue weighted by molar-refractivity contribution is -0.119. The number of carbonyl (C=O) groups excluding carboxylic acids is 2. The Morgan fingerprint density at radius 2 is 1.92 bits per heavy atom. The maximum atomic E-state index is 15.0. The molecule has 11 heteroatoms. The first-order valence-corrected chi connectivity index (χ1v) is 11.7. The molecule has 0 aliphatic carbocycles. The number of hydrogen-bond donors (Lipinski definition) is 3. The topological polar surface area (TPSA) is 128 Å². The molecule has 0 unspecified atom stereocenters. The van der Waals surface area contributed by atoms with Gasteiger partial charge in [0.25, 0.3) is 0 Å². The monoisotopic (exact) mass is 509 g/mol. The molecule has 2 heterocycles. The Bertz CT molecular complexity index is 1290. The first kappa shape index (κ1) is 25.8. The number of ether oxygens (including phenoxy) is 1. The summed E-state index contributed by atoms with van der Waals surface area (Å²) in [4.78, 5) is 34.1. The van der Waals surface area contributed by atoms with Gasteiger partial charge in [0.2, 0.25) is 11.8 Å². The third-order valence-corrected chi connectivity index (χ3v) is 6.04. The lowest BCUT2D eigenvalue weighted by Gasteiger charge is -2.18. The Morgan fingerprint density at radius 1 is 1.19 bits per heavy atom. The summed E-state index contributed by atoms with van der Waals surface area (Å²) in [6.07, 6.45) is -1.09. The van der Waals surface area contributed by atoms with E-state index in [1.54, 1.807) is 19.1 Å². The van der Waals surface area contributed by atoms with Gasteiger partial charge in [-0.25, -0.2) is 14.2 Å². The summed E-state index contributed by atoms with van der Waals surface area (Å²) in [6, 6.07) is 11.5. The Balaban J connectivity index is 1.41. The maximum Gasteiger partial charge on any atom is 0.414 e. The molecule has 1 aliphatic heterocycles. The second-order valence-corrected chi connectivity index (χ2v) is 9.00. The molecule has 194 valence electrons. The minimum atomic E-state index is -0.585. The summed E-state index contributed by atoms with van der Waals surface area (Å²) < 4.78 is 20.3. The smallest absolute Gasteiger partial charge is 0.414 e. The number of halogens is 1. The normalized spacial score (nSPS) is 15.2. The van der Waals surface area contributed by atoms with Gasteiger partial charge >= 0.3 is 12.1 Å². The highest BCUT2D eigenvalue weighted by atomic mass is 19.1. The fraction of sp³-hybridized carbons (Fsp3) is 0.308. The minimum absolute atomic E-state index is 0.198. The lowest BCUT2D eigenvalue weighted by atomic mass is 10.0. The van der Waals surface area contributed by atoms with Crippen LogP contribution < -0.4 is 10.2 Å². The van der Waals surface area contributed by atoms with Crippen LogP contribution in [0.5, 0.6) is 11.9 Å². The highest BCUT2D eigenvalue weighted by Gasteiger charge is 2.32. The van der Waals surface area contributed by atoms with Crippen molar-refractivity contribution < 1.29 is 28.9 Å². The summed E-state index contributed by atoms with van der Waals surface area (Å²) in [7, 11) is 1.88. The van der Waals surface area contributed by atoms with E-state index < -0.39 is 24.0 Å². The van der Waals surface area contributed by atoms with E-state index in [-0.39, 0.29) is 24.9 Å². The van der Waals surface area contributed by atoms with Gasteiger partial charge in [0.1, 0.15) is 11.9 Å². The number of amides is 2. The third kappa shape index (κ3) is 6.12. The third-order valence-electron chi connectivity index (χ3n) is 6.04. The average Bonchev–Trinajstić information content (AvgIpc) is 3.21. The maximum absolute atomic E-state index is 15.0. The number of anilines is 1. The second kappa shape index (κ2) is 10.8. The van der Waals surface area contributed by atoms with Gasteiger partial charge in [-0.15, -0.1) is 0 Å². The van der Waals surface area contributed by atoms with E-state index in [0.29, 0.717) is 41.2 Å². The van der Waals surface area contributed by atoms with E-state index in [1.807, 2.05) is 36.2 Å². The Labute approximate surface area is 213 Å². The van der Waals surface area contributed by atoms with E-state index in [4.69, 9.17) is 4.74 Å². The minimum Gasteiger partial charge on any atom is -0.493 e. The summed E-state index contributed by atoms with van der Waals surface area (Å²) in [5, 5.41) is 22.0. The largest absolute Gasteiger partial charge is 0.493 e. The first-order chi connectivity index (χ1) is 17.6.